The molecule has 0 N–H and O–H groups in total. The number of methoxy groups -OCH3 is 2. The summed E-state index contributed by atoms with van der Waals surface area (Å²) in [7, 11) is 3.11. The summed E-state index contributed by atoms with van der Waals surface area (Å²) in [5.41, 5.74) is 3.55. The number of nitrogens with zero attached hydrogens (tertiary/aromatic N) is 2. The summed E-state index contributed by atoms with van der Waals surface area (Å²) in [5.74, 6) is 1.04. The zero-order valence-corrected chi connectivity index (χ0v) is 19.7. The van der Waals surface area contributed by atoms with E-state index in [0.29, 0.717) is 43.2 Å². The number of amides is 2. The number of rotatable bonds is 7. The third kappa shape index (κ3) is 5.22. The molecular weight excluding hydrogens is 428 g/mol. The lowest BCUT2D eigenvalue weighted by Gasteiger charge is -2.35. The first-order chi connectivity index (χ1) is 16.6. The molecule has 0 aromatic heterocycles. The lowest BCUT2D eigenvalue weighted by molar-refractivity contribution is 0.0533. The molecule has 1 saturated heterocycles. The van der Waals surface area contributed by atoms with Crippen LogP contribution in [0.4, 0.5) is 0 Å². The zero-order valence-electron chi connectivity index (χ0n) is 19.7. The zero-order chi connectivity index (χ0) is 23.9. The van der Waals surface area contributed by atoms with Crippen molar-refractivity contribution in [1.29, 1.82) is 0 Å². The van der Waals surface area contributed by atoms with Crippen molar-refractivity contribution < 1.29 is 19.1 Å². The molecule has 0 atom stereocenters. The Kier molecular flexibility index (Phi) is 7.48. The highest BCUT2D eigenvalue weighted by Crippen LogP contribution is 2.26. The van der Waals surface area contributed by atoms with Gasteiger partial charge in [0, 0.05) is 37.8 Å². The van der Waals surface area contributed by atoms with Crippen molar-refractivity contribution in [2.75, 3.05) is 40.4 Å². The second kappa shape index (κ2) is 10.9. The summed E-state index contributed by atoms with van der Waals surface area (Å²) >= 11 is 0. The number of benzene rings is 3. The van der Waals surface area contributed by atoms with Gasteiger partial charge in [-0.25, -0.2) is 0 Å². The molecule has 34 heavy (non-hydrogen) atoms. The highest BCUT2D eigenvalue weighted by molar-refractivity contribution is 5.98. The molecule has 0 spiro atoms. The SMILES string of the molecule is COc1ccc(C(=O)N2CCN(C(=O)c3ccccc3CCc3ccccc3)CC2)c(OC)c1. The first-order valence-corrected chi connectivity index (χ1v) is 11.5. The predicted octanol–water partition coefficient (Wildman–Crippen LogP) is 4.09. The molecule has 0 bridgehead atoms. The fraction of sp³-hybridized carbons (Fsp3) is 0.286. The van der Waals surface area contributed by atoms with Crippen LogP contribution in [-0.4, -0.2) is 62.0 Å². The van der Waals surface area contributed by atoms with E-state index >= 15 is 0 Å². The van der Waals surface area contributed by atoms with Crippen molar-refractivity contribution in [2.45, 2.75) is 12.8 Å². The van der Waals surface area contributed by atoms with E-state index in [1.807, 2.05) is 47.4 Å². The maximum absolute atomic E-state index is 13.3. The average molecular weight is 459 g/mol. The molecule has 1 aliphatic heterocycles. The Morgan fingerprint density at radius 2 is 1.32 bits per heavy atom. The Bertz CT molecular complexity index is 1140. The minimum Gasteiger partial charge on any atom is -0.497 e. The molecule has 176 valence electrons. The second-order valence-electron chi connectivity index (χ2n) is 8.29. The fourth-order valence-electron chi connectivity index (χ4n) is 4.30. The summed E-state index contributed by atoms with van der Waals surface area (Å²) in [6.07, 6.45) is 1.69. The van der Waals surface area contributed by atoms with Crippen LogP contribution in [0.3, 0.4) is 0 Å². The van der Waals surface area contributed by atoms with Crippen LogP contribution in [0.1, 0.15) is 31.8 Å². The van der Waals surface area contributed by atoms with Gasteiger partial charge in [-0.05, 0) is 42.2 Å². The molecule has 4 rings (SSSR count). The summed E-state index contributed by atoms with van der Waals surface area (Å²) < 4.78 is 10.6. The molecule has 3 aromatic carbocycles. The van der Waals surface area contributed by atoms with Crippen LogP contribution in [0.5, 0.6) is 11.5 Å². The first-order valence-electron chi connectivity index (χ1n) is 11.5. The standard InChI is InChI=1S/C28H30N2O4/c1-33-23-14-15-25(26(20-23)34-2)28(32)30-18-16-29(17-19-30)27(31)24-11-7-6-10-22(24)13-12-21-8-4-3-5-9-21/h3-11,14-15,20H,12-13,16-19H2,1-2H3. The Morgan fingerprint density at radius 3 is 1.97 bits per heavy atom. The third-order valence-electron chi connectivity index (χ3n) is 6.27. The Hall–Kier alpha value is -3.80. The molecule has 1 aliphatic rings. The largest absolute Gasteiger partial charge is 0.497 e. The Morgan fingerprint density at radius 1 is 0.706 bits per heavy atom. The molecule has 6 nitrogen and oxygen atoms in total. The van der Waals surface area contributed by atoms with Crippen LogP contribution in [0, 0.1) is 0 Å². The maximum atomic E-state index is 13.3. The van der Waals surface area contributed by atoms with Crippen LogP contribution < -0.4 is 9.47 Å². The number of carbonyl (C=O) groups is 2. The van der Waals surface area contributed by atoms with Gasteiger partial charge in [-0.3, -0.25) is 9.59 Å². The predicted molar refractivity (Wildman–Crippen MR) is 132 cm³/mol. The van der Waals surface area contributed by atoms with E-state index in [4.69, 9.17) is 9.47 Å². The lowest BCUT2D eigenvalue weighted by Crippen LogP contribution is -2.50. The van der Waals surface area contributed by atoms with Crippen LogP contribution in [0.15, 0.2) is 72.8 Å². The van der Waals surface area contributed by atoms with Gasteiger partial charge in [0.1, 0.15) is 11.5 Å². The van der Waals surface area contributed by atoms with Crippen LogP contribution in [0.25, 0.3) is 0 Å². The van der Waals surface area contributed by atoms with E-state index in [-0.39, 0.29) is 11.8 Å². The van der Waals surface area contributed by atoms with E-state index in [1.165, 1.54) is 12.7 Å². The molecule has 6 heteroatoms. The number of ether oxygens (including phenoxy) is 2. The van der Waals surface area contributed by atoms with Crippen molar-refractivity contribution in [1.82, 2.24) is 9.80 Å². The summed E-state index contributed by atoms with van der Waals surface area (Å²) in [6.45, 7) is 1.95. The molecule has 2 amide bonds. The maximum Gasteiger partial charge on any atom is 0.257 e. The van der Waals surface area contributed by atoms with Crippen LogP contribution in [0.2, 0.25) is 0 Å². The molecule has 0 unspecified atom stereocenters. The van der Waals surface area contributed by atoms with Gasteiger partial charge in [0.25, 0.3) is 11.8 Å². The number of piperazine rings is 1. The number of carbonyl (C=O) groups excluding carboxylic acids is 2. The van der Waals surface area contributed by atoms with E-state index < -0.39 is 0 Å². The minimum atomic E-state index is -0.102. The van der Waals surface area contributed by atoms with Crippen molar-refractivity contribution in [3.8, 4) is 11.5 Å². The van der Waals surface area contributed by atoms with Crippen molar-refractivity contribution in [2.24, 2.45) is 0 Å². The average Bonchev–Trinajstić information content (AvgIpc) is 2.91. The van der Waals surface area contributed by atoms with Gasteiger partial charge in [-0.15, -0.1) is 0 Å². The molecule has 0 aliphatic carbocycles. The topological polar surface area (TPSA) is 59.1 Å². The van der Waals surface area contributed by atoms with Crippen LogP contribution >= 0.6 is 0 Å². The van der Waals surface area contributed by atoms with E-state index in [9.17, 15) is 9.59 Å². The van der Waals surface area contributed by atoms with Crippen molar-refractivity contribution >= 4 is 11.8 Å². The summed E-state index contributed by atoms with van der Waals surface area (Å²) in [5, 5.41) is 0. The number of hydrogen-bond acceptors (Lipinski definition) is 4. The van der Waals surface area contributed by atoms with Gasteiger partial charge < -0.3 is 19.3 Å². The molecular formula is C28H30N2O4. The number of aryl methyl sites for hydroxylation is 2. The van der Waals surface area contributed by atoms with Gasteiger partial charge in [0.05, 0.1) is 19.8 Å². The van der Waals surface area contributed by atoms with Gasteiger partial charge in [0.15, 0.2) is 0 Å². The van der Waals surface area contributed by atoms with Crippen LogP contribution in [-0.2, 0) is 12.8 Å². The molecule has 1 heterocycles. The van der Waals surface area contributed by atoms with Gasteiger partial charge in [-0.2, -0.15) is 0 Å². The summed E-state index contributed by atoms with van der Waals surface area (Å²) in [6, 6.07) is 23.3. The quantitative estimate of drug-likeness (QED) is 0.535. The highest BCUT2D eigenvalue weighted by atomic mass is 16.5. The van der Waals surface area contributed by atoms with Gasteiger partial charge >= 0.3 is 0 Å². The molecule has 1 fully saturated rings. The van der Waals surface area contributed by atoms with Crippen molar-refractivity contribution in [3.63, 3.8) is 0 Å². The highest BCUT2D eigenvalue weighted by Gasteiger charge is 2.28. The Balaban J connectivity index is 1.40. The smallest absolute Gasteiger partial charge is 0.257 e. The van der Waals surface area contributed by atoms with E-state index in [0.717, 1.165) is 24.0 Å². The molecule has 0 saturated carbocycles. The molecule has 3 aromatic rings. The second-order valence-corrected chi connectivity index (χ2v) is 8.29. The monoisotopic (exact) mass is 458 g/mol. The van der Waals surface area contributed by atoms with Gasteiger partial charge in [-0.1, -0.05) is 48.5 Å². The minimum absolute atomic E-state index is 0.0257. The van der Waals surface area contributed by atoms with Gasteiger partial charge in [0.2, 0.25) is 0 Å². The Labute approximate surface area is 200 Å². The fourth-order valence-corrected chi connectivity index (χ4v) is 4.30. The third-order valence-corrected chi connectivity index (χ3v) is 6.27. The summed E-state index contributed by atoms with van der Waals surface area (Å²) in [4.78, 5) is 30.1. The number of hydrogen-bond donors (Lipinski definition) is 0. The lowest BCUT2D eigenvalue weighted by atomic mass is 9.99. The molecule has 0 radical (unpaired) electrons. The van der Waals surface area contributed by atoms with Crippen molar-refractivity contribution in [3.05, 3.63) is 95.1 Å². The normalized spacial score (nSPS) is 13.5. The van der Waals surface area contributed by atoms with E-state index in [1.54, 1.807) is 30.2 Å². The first kappa shape index (κ1) is 23.4. The van der Waals surface area contributed by atoms with E-state index in [2.05, 4.69) is 12.1 Å².